The molecule has 2 unspecified atom stereocenters. The molecule has 1 saturated carbocycles. The third-order valence-corrected chi connectivity index (χ3v) is 12.6. The van der Waals surface area contributed by atoms with Gasteiger partial charge in [-0.1, -0.05) is 0 Å². The predicted molar refractivity (Wildman–Crippen MR) is 173 cm³/mol. The number of aromatic nitrogens is 3. The first-order chi connectivity index (χ1) is 21.2. The normalized spacial score (nSPS) is 20.6. The summed E-state index contributed by atoms with van der Waals surface area (Å²) in [4.78, 5) is 25.1. The van der Waals surface area contributed by atoms with Gasteiger partial charge in [-0.15, -0.1) is 11.3 Å². The van der Waals surface area contributed by atoms with E-state index in [9.17, 15) is 17.8 Å². The first-order valence-corrected chi connectivity index (χ1v) is 18.8. The van der Waals surface area contributed by atoms with E-state index in [1.165, 1.54) is 21.9 Å². The lowest BCUT2D eigenvalue weighted by molar-refractivity contribution is 0.223. The summed E-state index contributed by atoms with van der Waals surface area (Å²) in [5.74, 6) is 1.14. The molecule has 7 rings (SSSR count). The van der Waals surface area contributed by atoms with E-state index in [0.29, 0.717) is 48.5 Å². The molecule has 1 aromatic carbocycles. The molecule has 11 nitrogen and oxygen atoms in total. The first kappa shape index (κ1) is 29.7. The Morgan fingerprint density at radius 2 is 1.89 bits per heavy atom. The Kier molecular flexibility index (Phi) is 8.14. The first-order valence-electron chi connectivity index (χ1n) is 14.8. The number of benzene rings is 1. The molecule has 2 N–H and O–H groups in total. The van der Waals surface area contributed by atoms with Crippen LogP contribution in [0.4, 0.5) is 11.6 Å². The van der Waals surface area contributed by atoms with E-state index >= 15 is 0 Å². The van der Waals surface area contributed by atoms with Gasteiger partial charge in [0.1, 0.15) is 22.8 Å². The summed E-state index contributed by atoms with van der Waals surface area (Å²) < 4.78 is 46.3. The largest absolute Gasteiger partial charge is 0.611 e. The molecule has 3 aromatic heterocycles. The molecular formula is C30H34N6O5S3. The fourth-order valence-corrected chi connectivity index (χ4v) is 9.27. The number of ether oxygens (including phenoxy) is 1. The van der Waals surface area contributed by atoms with Gasteiger partial charge in [-0.25, -0.2) is 17.7 Å². The number of rotatable bonds is 9. The number of piperidine rings is 1. The van der Waals surface area contributed by atoms with E-state index < -0.39 is 21.2 Å². The molecule has 1 aliphatic carbocycles. The van der Waals surface area contributed by atoms with Crippen molar-refractivity contribution >= 4 is 55.2 Å². The van der Waals surface area contributed by atoms with E-state index in [1.807, 2.05) is 41.8 Å². The second-order valence-corrected chi connectivity index (χ2v) is 16.3. The lowest BCUT2D eigenvalue weighted by Crippen LogP contribution is -2.40. The Morgan fingerprint density at radius 1 is 1.11 bits per heavy atom. The number of sulfonamides is 1. The maximum atomic E-state index is 14.2. The van der Waals surface area contributed by atoms with Crippen LogP contribution in [0.1, 0.15) is 38.1 Å². The zero-order valence-electron chi connectivity index (χ0n) is 24.3. The third-order valence-electron chi connectivity index (χ3n) is 8.36. The highest BCUT2D eigenvalue weighted by atomic mass is 32.2. The van der Waals surface area contributed by atoms with E-state index in [1.54, 1.807) is 10.8 Å². The zero-order chi connectivity index (χ0) is 30.4. The minimum absolute atomic E-state index is 0.171. The molecule has 44 heavy (non-hydrogen) atoms. The number of nitrogens with one attached hydrogen (secondary N) is 2. The monoisotopic (exact) mass is 654 g/mol. The number of nitrogens with zero attached hydrogens (tertiary/aromatic N) is 4. The van der Waals surface area contributed by atoms with Crippen molar-refractivity contribution in [3.05, 3.63) is 58.3 Å². The number of thiophene rings is 1. The fraction of sp³-hybridized carbons (Fsp3) is 0.433. The van der Waals surface area contributed by atoms with Crippen molar-refractivity contribution < 1.29 is 17.7 Å². The van der Waals surface area contributed by atoms with Crippen molar-refractivity contribution in [3.63, 3.8) is 0 Å². The standard InChI is InChI=1S/C30H34N6O5S3/c1-44(39,40)35-12-9-21(10-13-35)36-28-19(14-26(29(36)37)27-15-25(18-42-27)43(38)24-6-7-24)16-32-30(34-28)33-20-2-4-22(5-3-20)41-23-8-11-31-17-23/h2-5,14-16,18,21,23-24,31H,6-13,17H2,1H3,(H,32,33,34). The maximum absolute atomic E-state index is 14.2. The van der Waals surface area contributed by atoms with Gasteiger partial charge in [-0.3, -0.25) is 9.36 Å². The van der Waals surface area contributed by atoms with Crippen molar-refractivity contribution in [1.82, 2.24) is 24.2 Å². The second-order valence-electron chi connectivity index (χ2n) is 11.6. The number of hydrogen-bond acceptors (Lipinski definition) is 10. The van der Waals surface area contributed by atoms with Crippen LogP contribution in [0.15, 0.2) is 57.7 Å². The zero-order valence-corrected chi connectivity index (χ0v) is 26.7. The number of pyridine rings is 1. The van der Waals surface area contributed by atoms with Crippen molar-refractivity contribution in [3.8, 4) is 16.2 Å². The van der Waals surface area contributed by atoms with E-state index in [2.05, 4.69) is 15.6 Å². The molecule has 3 aliphatic rings. The van der Waals surface area contributed by atoms with E-state index in [-0.39, 0.29) is 23.0 Å². The van der Waals surface area contributed by atoms with Crippen LogP contribution in [0.3, 0.4) is 0 Å². The molecule has 5 heterocycles. The molecule has 0 spiro atoms. The Balaban J connectivity index is 1.22. The van der Waals surface area contributed by atoms with Crippen LogP contribution >= 0.6 is 11.3 Å². The molecule has 2 aliphatic heterocycles. The van der Waals surface area contributed by atoms with E-state index in [4.69, 9.17) is 9.72 Å². The summed E-state index contributed by atoms with van der Waals surface area (Å²) in [6.45, 7) is 2.46. The van der Waals surface area contributed by atoms with Crippen molar-refractivity contribution in [1.29, 1.82) is 0 Å². The quantitative estimate of drug-likeness (QED) is 0.257. The number of hydrogen-bond donors (Lipinski definition) is 2. The molecule has 0 radical (unpaired) electrons. The highest BCUT2D eigenvalue weighted by Crippen LogP contribution is 2.38. The van der Waals surface area contributed by atoms with Crippen molar-refractivity contribution in [2.45, 2.75) is 54.4 Å². The third kappa shape index (κ3) is 6.24. The molecule has 0 bridgehead atoms. The number of anilines is 2. The summed E-state index contributed by atoms with van der Waals surface area (Å²) in [7, 11) is -3.32. The second kappa shape index (κ2) is 12.1. The maximum Gasteiger partial charge on any atom is 0.261 e. The average Bonchev–Trinajstić information content (AvgIpc) is 3.52. The molecule has 0 amide bonds. The lowest BCUT2D eigenvalue weighted by Gasteiger charge is -2.32. The van der Waals surface area contributed by atoms with Crippen LogP contribution in [0, 0.1) is 0 Å². The fourth-order valence-electron chi connectivity index (χ4n) is 5.83. The Hall–Kier alpha value is -3.01. The van der Waals surface area contributed by atoms with Crippen LogP contribution in [0.25, 0.3) is 21.5 Å². The molecule has 2 saturated heterocycles. The van der Waals surface area contributed by atoms with Crippen LogP contribution in [0.5, 0.6) is 5.75 Å². The summed E-state index contributed by atoms with van der Waals surface area (Å²) in [5.41, 5.74) is 1.57. The molecule has 4 aromatic rings. The smallest absolute Gasteiger partial charge is 0.261 e. The average molecular weight is 655 g/mol. The van der Waals surface area contributed by atoms with Gasteiger partial charge in [0, 0.05) is 72.1 Å². The van der Waals surface area contributed by atoms with Gasteiger partial charge in [0.05, 0.1) is 11.8 Å². The van der Waals surface area contributed by atoms with Gasteiger partial charge < -0.3 is 19.9 Å². The van der Waals surface area contributed by atoms with Crippen molar-refractivity contribution in [2.75, 3.05) is 37.8 Å². The predicted octanol–water partition coefficient (Wildman–Crippen LogP) is 3.87. The van der Waals surface area contributed by atoms with Gasteiger partial charge in [0.25, 0.3) is 5.56 Å². The Labute approximate surface area is 262 Å². The minimum atomic E-state index is -3.32. The highest BCUT2D eigenvalue weighted by Gasteiger charge is 2.36. The molecule has 2 atom stereocenters. The number of fused-ring (bicyclic) bond motifs is 1. The van der Waals surface area contributed by atoms with Gasteiger partial charge in [0.2, 0.25) is 16.0 Å². The highest BCUT2D eigenvalue weighted by molar-refractivity contribution is 7.92. The Morgan fingerprint density at radius 3 is 2.57 bits per heavy atom. The van der Waals surface area contributed by atoms with Crippen molar-refractivity contribution in [2.24, 2.45) is 0 Å². The molecular weight excluding hydrogens is 621 g/mol. The molecule has 3 fully saturated rings. The van der Waals surface area contributed by atoms with Crippen LogP contribution < -0.4 is 20.9 Å². The van der Waals surface area contributed by atoms with Gasteiger partial charge in [-0.05, 0) is 67.3 Å². The molecule has 232 valence electrons. The van der Waals surface area contributed by atoms with E-state index in [0.717, 1.165) is 53.6 Å². The Bertz CT molecular complexity index is 1830. The molecule has 14 heteroatoms. The van der Waals surface area contributed by atoms with Crippen LogP contribution in [-0.4, -0.2) is 75.6 Å². The lowest BCUT2D eigenvalue weighted by atomic mass is 10.0. The van der Waals surface area contributed by atoms with Gasteiger partial charge in [-0.2, -0.15) is 4.98 Å². The minimum Gasteiger partial charge on any atom is -0.611 e. The summed E-state index contributed by atoms with van der Waals surface area (Å²) >= 11 is 0.350. The van der Waals surface area contributed by atoms with Crippen LogP contribution in [0.2, 0.25) is 0 Å². The topological polar surface area (TPSA) is 142 Å². The van der Waals surface area contributed by atoms with Gasteiger partial charge in [0.15, 0.2) is 4.90 Å². The summed E-state index contributed by atoms with van der Waals surface area (Å²) in [6, 6.07) is 11.1. The van der Waals surface area contributed by atoms with Crippen LogP contribution in [-0.2, 0) is 21.2 Å². The SMILES string of the molecule is CS(=O)(=O)N1CCC(n2c(=O)c(-c3cc([S+]([O-])C4CC4)cs3)cc3cnc(Nc4ccc(OC5CCNC5)cc4)nc32)CC1. The summed E-state index contributed by atoms with van der Waals surface area (Å²) in [5, 5.41) is 9.33. The van der Waals surface area contributed by atoms with Gasteiger partial charge >= 0.3 is 0 Å². The summed E-state index contributed by atoms with van der Waals surface area (Å²) in [6.07, 6.45) is 6.98.